The van der Waals surface area contributed by atoms with Gasteiger partial charge < -0.3 is 9.59 Å². The van der Waals surface area contributed by atoms with Crippen molar-refractivity contribution < 1.29 is 9.59 Å². The van der Waals surface area contributed by atoms with E-state index in [1.165, 1.54) is 231 Å². The van der Waals surface area contributed by atoms with Gasteiger partial charge in [0.15, 0.2) is 0 Å². The van der Waals surface area contributed by atoms with Gasteiger partial charge >= 0.3 is 0 Å². The summed E-state index contributed by atoms with van der Waals surface area (Å²) >= 11 is 21.1. The van der Waals surface area contributed by atoms with E-state index in [4.69, 9.17) is 23.2 Å². The van der Waals surface area contributed by atoms with Gasteiger partial charge in [-0.05, 0) is 428 Å². The molecular formula is C108H180Br2Cl2O2. The SMILES string of the molecule is CC(=O)CCC(C)C1CCC2C3C(C)CC4CC(Br)CCC4(C)C3CC(C)C12C.CC(=O)CCC(C)C1CCC2C3C(C)CC4CC(Cl)CCC4(C)C3CC(C)C12C.CC(C)CCCC(C)C1CCC2C3CC=C4CC(Br)CCC4(C)C3CCC12C.CC(C)CCCC(C)C1CCC2C3CC=C4CC(Cl)CCC4(C)C3CCC12C. The van der Waals surface area contributed by atoms with Crippen LogP contribution in [0.4, 0.5) is 0 Å². The Morgan fingerprint density at radius 3 is 1.21 bits per heavy atom. The summed E-state index contributed by atoms with van der Waals surface area (Å²) in [6, 6.07) is 0. The lowest BCUT2D eigenvalue weighted by atomic mass is 9.40. The van der Waals surface area contributed by atoms with E-state index in [1.54, 1.807) is 19.4 Å². The predicted molar refractivity (Wildman–Crippen MR) is 498 cm³/mol. The predicted octanol–water partition coefficient (Wildman–Crippen LogP) is 33.1. The fourth-order valence-electron chi connectivity index (χ4n) is 36.3. The Kier molecular flexibility index (Phi) is 29.4. The van der Waals surface area contributed by atoms with Crippen molar-refractivity contribution in [3.05, 3.63) is 23.3 Å². The molecule has 114 heavy (non-hydrogen) atoms. The minimum absolute atomic E-state index is 0.364. The number of alkyl halides is 4. The molecule has 0 N–H and O–H groups in total. The van der Waals surface area contributed by atoms with Gasteiger partial charge in [0.1, 0.15) is 11.6 Å². The first-order valence-corrected chi connectivity index (χ1v) is 53.3. The van der Waals surface area contributed by atoms with Crippen molar-refractivity contribution in [2.45, 2.75) is 430 Å². The van der Waals surface area contributed by atoms with Crippen LogP contribution < -0.4 is 0 Å². The number of allylic oxidation sites excluding steroid dienone is 4. The van der Waals surface area contributed by atoms with Crippen molar-refractivity contribution in [2.24, 2.45) is 209 Å². The van der Waals surface area contributed by atoms with Crippen molar-refractivity contribution in [1.82, 2.24) is 0 Å². The third-order valence-electron chi connectivity index (χ3n) is 43.0. The summed E-state index contributed by atoms with van der Waals surface area (Å²) in [5.74, 6) is 25.7. The average Bonchev–Trinajstić information content (AvgIpc) is 1.39. The quantitative estimate of drug-likeness (QED) is 0.101. The Morgan fingerprint density at radius 1 is 0.386 bits per heavy atom. The molecule has 6 heteroatoms. The summed E-state index contributed by atoms with van der Waals surface area (Å²) in [7, 11) is 0. The summed E-state index contributed by atoms with van der Waals surface area (Å²) in [6.07, 6.45) is 59.9. The molecule has 16 aliphatic rings. The van der Waals surface area contributed by atoms with Gasteiger partial charge in [-0.25, -0.2) is 0 Å². The molecular weight excluding hydrogens is 1560 g/mol. The molecule has 0 aromatic heterocycles. The van der Waals surface area contributed by atoms with Gasteiger partial charge in [-0.15, -0.1) is 23.2 Å². The Bertz CT molecular complexity index is 3080. The van der Waals surface area contributed by atoms with Crippen molar-refractivity contribution in [1.29, 1.82) is 0 Å². The molecule has 0 aromatic carbocycles. The average molecular weight is 1740 g/mol. The summed E-state index contributed by atoms with van der Waals surface area (Å²) < 4.78 is 0. The maximum Gasteiger partial charge on any atom is 0.129 e. The Hall–Kier alpha value is 0.360. The summed E-state index contributed by atoms with van der Waals surface area (Å²) in [5.41, 5.74) is 7.86. The molecule has 0 aliphatic heterocycles. The molecule has 2 nitrogen and oxygen atoms in total. The van der Waals surface area contributed by atoms with Gasteiger partial charge in [0.25, 0.3) is 0 Å². The Morgan fingerprint density at radius 2 is 0.763 bits per heavy atom. The monoisotopic (exact) mass is 1740 g/mol. The second-order valence-corrected chi connectivity index (χ2v) is 53.0. The van der Waals surface area contributed by atoms with Crippen LogP contribution in [0.25, 0.3) is 0 Å². The van der Waals surface area contributed by atoms with E-state index in [0.717, 1.165) is 189 Å². The first kappa shape index (κ1) is 92.0. The van der Waals surface area contributed by atoms with Crippen molar-refractivity contribution >= 4 is 66.6 Å². The number of hydrogen-bond donors (Lipinski definition) is 0. The van der Waals surface area contributed by atoms with Crippen LogP contribution in [0.5, 0.6) is 0 Å². The van der Waals surface area contributed by atoms with Gasteiger partial charge in [0.05, 0.1) is 0 Å². The molecule has 38 unspecified atom stereocenters. The fraction of sp³-hybridized carbons (Fsp3) is 0.944. The number of hydrogen-bond acceptors (Lipinski definition) is 2. The minimum Gasteiger partial charge on any atom is -0.300 e. The van der Waals surface area contributed by atoms with Gasteiger partial charge in [0.2, 0.25) is 0 Å². The number of carbonyl (C=O) groups is 2. The van der Waals surface area contributed by atoms with Crippen LogP contribution in [0.1, 0.15) is 409 Å². The number of fused-ring (bicyclic) bond motifs is 20. The molecule has 0 saturated heterocycles. The zero-order chi connectivity index (χ0) is 82.5. The van der Waals surface area contributed by atoms with Crippen LogP contribution in [0.2, 0.25) is 0 Å². The van der Waals surface area contributed by atoms with E-state index in [2.05, 4.69) is 182 Å². The van der Waals surface area contributed by atoms with E-state index in [-0.39, 0.29) is 0 Å². The van der Waals surface area contributed by atoms with Crippen LogP contribution in [0.15, 0.2) is 23.3 Å². The van der Waals surface area contributed by atoms with Crippen LogP contribution >= 0.6 is 55.1 Å². The molecule has 0 radical (unpaired) electrons. The van der Waals surface area contributed by atoms with E-state index in [9.17, 15) is 9.59 Å². The molecule has 0 aromatic rings. The summed E-state index contributed by atoms with van der Waals surface area (Å²) in [5, 5.41) is 0.813. The number of carbonyl (C=O) groups excluding carboxylic acids is 2. The summed E-state index contributed by atoms with van der Waals surface area (Å²) in [6.45, 7) is 54.9. The molecule has 38 atom stereocenters. The van der Waals surface area contributed by atoms with Crippen LogP contribution in [0, 0.1) is 209 Å². The third kappa shape index (κ3) is 17.2. The number of Topliss-reactive ketones (excluding diaryl/α,β-unsaturated/α-hetero) is 2. The van der Waals surface area contributed by atoms with Crippen LogP contribution in [-0.4, -0.2) is 32.0 Å². The van der Waals surface area contributed by atoms with Gasteiger partial charge in [0, 0.05) is 33.3 Å². The first-order chi connectivity index (χ1) is 53.7. The highest BCUT2D eigenvalue weighted by atomic mass is 79.9. The molecule has 652 valence electrons. The minimum atomic E-state index is 0.364. The maximum atomic E-state index is 11.6. The molecule has 14 saturated carbocycles. The molecule has 14 fully saturated rings. The lowest BCUT2D eigenvalue weighted by Crippen LogP contribution is -2.58. The topological polar surface area (TPSA) is 34.1 Å². The number of halogens is 4. The standard InChI is InChI=1S/C27H45BrO.C27H45Br.C27H45ClO.C27H45Cl/c1-16(7-8-19(4)29)22-9-10-23-25-17(2)13-20-15-21(28)11-12-26(20,5)24(25)14-18(3)27(22,23)6;1-18(2)7-6-8-19(3)23-11-12-24-22-10-9-20-17-21(28)13-15-26(20,4)25(22)14-16-27(23,24)5;1-16(7-8-19(4)29)22-9-10-23-25-17(2)13-20-15-21(28)11-12-26(20,5)24(25)14-18(3)27(22,23)6;1-18(2)7-6-8-19(3)23-11-12-24-22-10-9-20-17-21(28)13-15-26(20,4)25(22)14-16-27(23,24)5/h16-18,20-25H,7-15H2,1-6H3;9,18-19,21-25H,6-8,10-17H2,1-5H3;16-18,20-25H,7-15H2,1-6H3;9,18-19,21-25H,6-8,10-17H2,1-5H3. The molecule has 0 spiro atoms. The Labute approximate surface area is 732 Å². The number of rotatable bonds is 18. The zero-order valence-corrected chi connectivity index (χ0v) is 82.9. The molecule has 0 amide bonds. The third-order valence-corrected chi connectivity index (χ3v) is 45.4. The van der Waals surface area contributed by atoms with E-state index in [1.807, 2.05) is 5.57 Å². The normalized spacial score (nSPS) is 49.8. The van der Waals surface area contributed by atoms with Crippen LogP contribution in [0.3, 0.4) is 0 Å². The first-order valence-electron chi connectivity index (χ1n) is 50.6. The smallest absolute Gasteiger partial charge is 0.129 e. The van der Waals surface area contributed by atoms with E-state index < -0.39 is 0 Å². The second kappa shape index (κ2) is 36.4. The van der Waals surface area contributed by atoms with Crippen molar-refractivity contribution in [3.8, 4) is 0 Å². The van der Waals surface area contributed by atoms with Gasteiger partial charge in [-0.2, -0.15) is 0 Å². The van der Waals surface area contributed by atoms with Crippen LogP contribution in [-0.2, 0) is 9.59 Å². The molecule has 16 rings (SSSR count). The van der Waals surface area contributed by atoms with Crippen molar-refractivity contribution in [2.75, 3.05) is 0 Å². The highest BCUT2D eigenvalue weighted by Gasteiger charge is 2.68. The second-order valence-electron chi connectivity index (χ2n) is 49.2. The lowest BCUT2D eigenvalue weighted by molar-refractivity contribution is -0.158. The lowest BCUT2D eigenvalue weighted by Gasteiger charge is -2.65. The largest absolute Gasteiger partial charge is 0.300 e. The van der Waals surface area contributed by atoms with Crippen molar-refractivity contribution in [3.63, 3.8) is 0 Å². The van der Waals surface area contributed by atoms with E-state index in [0.29, 0.717) is 77.5 Å². The van der Waals surface area contributed by atoms with Gasteiger partial charge in [-0.1, -0.05) is 232 Å². The number of ketones is 2. The highest BCUT2D eigenvalue weighted by molar-refractivity contribution is 9.09. The molecule has 16 aliphatic carbocycles. The molecule has 0 heterocycles. The zero-order valence-electron chi connectivity index (χ0n) is 78.2. The van der Waals surface area contributed by atoms with E-state index >= 15 is 0 Å². The highest BCUT2D eigenvalue weighted by Crippen LogP contribution is 2.75. The summed E-state index contributed by atoms with van der Waals surface area (Å²) in [4.78, 5) is 24.7. The fourth-order valence-corrected chi connectivity index (χ4v) is 38.2. The van der Waals surface area contributed by atoms with Gasteiger partial charge in [-0.3, -0.25) is 0 Å². The maximum absolute atomic E-state index is 11.6. The Balaban J connectivity index is 0.000000133. The molecule has 0 bridgehead atoms.